The van der Waals surface area contributed by atoms with Gasteiger partial charge < -0.3 is 19.5 Å². The molecule has 2 atom stereocenters. The van der Waals surface area contributed by atoms with Crippen LogP contribution in [0.1, 0.15) is 68.9 Å². The highest BCUT2D eigenvalue weighted by molar-refractivity contribution is 6.30. The van der Waals surface area contributed by atoms with Crippen molar-refractivity contribution >= 4 is 29.7 Å². The number of benzene rings is 1. The van der Waals surface area contributed by atoms with Gasteiger partial charge in [-0.1, -0.05) is 42.8 Å². The number of ether oxygens (including phenoxy) is 1. The van der Waals surface area contributed by atoms with Crippen molar-refractivity contribution < 1.29 is 14.3 Å². The van der Waals surface area contributed by atoms with Gasteiger partial charge in [0.15, 0.2) is 0 Å². The normalized spacial score (nSPS) is 19.1. The fraction of sp³-hybridized carbons (Fsp3) is 0.500. The number of hydrogen-bond acceptors (Lipinski definition) is 5. The Hall–Kier alpha value is -3.10. The molecule has 2 unspecified atom stereocenters. The van der Waals surface area contributed by atoms with E-state index < -0.39 is 0 Å². The molecular weight excluding hydrogens is 514 g/mol. The summed E-state index contributed by atoms with van der Waals surface area (Å²) in [5.74, 6) is 0. The number of imidazole rings is 1. The number of halogens is 1. The first-order valence-electron chi connectivity index (χ1n) is 13.7. The first kappa shape index (κ1) is 28.9. The second-order valence-corrected chi connectivity index (χ2v) is 11.3. The molecule has 1 aromatic carbocycles. The molecule has 2 amide bonds. The standard InChI is InChI=1S/C30H40ClN5O3/c1-5-7-8-26(35-13-15-36(16-14-35)29(38)39-19-30(3)11-12-30)24-10-9-22(31)17-25(24)23(6-2)28(33-21-37)27-18-32-20-34(27)4/h5-7,9-10,17-18,20-21,26,28H,8,11-16,19H2,1-4H3,(H,33,37)/b7-5-,23-6+. The topological polar surface area (TPSA) is 79.7 Å². The molecule has 2 fully saturated rings. The summed E-state index contributed by atoms with van der Waals surface area (Å²) in [4.78, 5) is 32.9. The van der Waals surface area contributed by atoms with Crippen LogP contribution in [0.15, 0.2) is 49.0 Å². The molecule has 9 heteroatoms. The zero-order valence-corrected chi connectivity index (χ0v) is 24.2. The number of nitrogens with zero attached hydrogens (tertiary/aromatic N) is 4. The number of nitrogens with one attached hydrogen (secondary N) is 1. The molecule has 4 rings (SSSR count). The minimum atomic E-state index is -0.389. The third-order valence-electron chi connectivity index (χ3n) is 7.95. The lowest BCUT2D eigenvalue weighted by Gasteiger charge is -2.40. The van der Waals surface area contributed by atoms with Crippen LogP contribution in [0.4, 0.5) is 4.79 Å². The molecule has 2 aliphatic rings. The highest BCUT2D eigenvalue weighted by Crippen LogP contribution is 2.45. The molecule has 8 nitrogen and oxygen atoms in total. The Labute approximate surface area is 236 Å². The Kier molecular flexibility index (Phi) is 9.51. The minimum Gasteiger partial charge on any atom is -0.449 e. The van der Waals surface area contributed by atoms with E-state index in [1.54, 1.807) is 12.5 Å². The molecule has 0 bridgehead atoms. The van der Waals surface area contributed by atoms with Crippen LogP contribution in [0.3, 0.4) is 0 Å². The molecule has 210 valence electrons. The molecule has 1 N–H and O–H groups in total. The fourth-order valence-electron chi connectivity index (χ4n) is 5.23. The number of piperazine rings is 1. The molecule has 39 heavy (non-hydrogen) atoms. The summed E-state index contributed by atoms with van der Waals surface area (Å²) in [7, 11) is 1.91. The van der Waals surface area contributed by atoms with Gasteiger partial charge in [0.25, 0.3) is 0 Å². The van der Waals surface area contributed by atoms with Gasteiger partial charge in [-0.25, -0.2) is 9.78 Å². The van der Waals surface area contributed by atoms with Crippen molar-refractivity contribution in [1.29, 1.82) is 0 Å². The predicted octanol–water partition coefficient (Wildman–Crippen LogP) is 5.53. The number of amides is 2. The minimum absolute atomic E-state index is 0.0652. The smallest absolute Gasteiger partial charge is 0.409 e. The Morgan fingerprint density at radius 2 is 1.97 bits per heavy atom. The zero-order valence-electron chi connectivity index (χ0n) is 23.4. The maximum Gasteiger partial charge on any atom is 0.409 e. The number of allylic oxidation sites excluding steroid dienone is 2. The summed E-state index contributed by atoms with van der Waals surface area (Å²) in [5, 5.41) is 3.62. The zero-order chi connectivity index (χ0) is 28.0. The first-order chi connectivity index (χ1) is 18.8. The van der Waals surface area contributed by atoms with Gasteiger partial charge in [0.2, 0.25) is 6.41 Å². The van der Waals surface area contributed by atoms with Crippen LogP contribution in [-0.2, 0) is 16.6 Å². The van der Waals surface area contributed by atoms with Crippen molar-refractivity contribution in [2.75, 3.05) is 32.8 Å². The van der Waals surface area contributed by atoms with Crippen LogP contribution in [0.25, 0.3) is 5.57 Å². The molecule has 0 radical (unpaired) electrons. The van der Waals surface area contributed by atoms with E-state index in [0.29, 0.717) is 24.7 Å². The number of aromatic nitrogens is 2. The first-order valence-corrected chi connectivity index (χ1v) is 14.1. The van der Waals surface area contributed by atoms with Gasteiger partial charge >= 0.3 is 6.09 Å². The van der Waals surface area contributed by atoms with E-state index in [9.17, 15) is 9.59 Å². The van der Waals surface area contributed by atoms with Gasteiger partial charge in [-0.15, -0.1) is 0 Å². The van der Waals surface area contributed by atoms with Crippen LogP contribution in [0.5, 0.6) is 0 Å². The predicted molar refractivity (Wildman–Crippen MR) is 154 cm³/mol. The van der Waals surface area contributed by atoms with Gasteiger partial charge in [-0.2, -0.15) is 0 Å². The summed E-state index contributed by atoms with van der Waals surface area (Å²) >= 11 is 6.55. The number of rotatable bonds is 11. The van der Waals surface area contributed by atoms with E-state index in [4.69, 9.17) is 16.3 Å². The molecular formula is C30H40ClN5O3. The SMILES string of the molecule is C/C=C\CC(c1ccc(Cl)cc1/C(=C\C)C(NC=O)c1cncn1C)N1CCN(C(=O)OCC2(C)CC2)CC1. The third-order valence-corrected chi connectivity index (χ3v) is 8.18. The third kappa shape index (κ3) is 6.92. The maximum absolute atomic E-state index is 12.7. The number of hydrogen-bond donors (Lipinski definition) is 1. The van der Waals surface area contributed by atoms with Crippen molar-refractivity contribution in [1.82, 2.24) is 24.7 Å². The lowest BCUT2D eigenvalue weighted by atomic mass is 9.87. The summed E-state index contributed by atoms with van der Waals surface area (Å²) < 4.78 is 7.53. The van der Waals surface area contributed by atoms with Crippen molar-refractivity contribution in [3.05, 3.63) is 70.8 Å². The van der Waals surface area contributed by atoms with Crippen LogP contribution in [0, 0.1) is 5.41 Å². The molecule has 2 heterocycles. The Morgan fingerprint density at radius 1 is 1.23 bits per heavy atom. The van der Waals surface area contributed by atoms with Crippen molar-refractivity contribution in [2.24, 2.45) is 12.5 Å². The van der Waals surface area contributed by atoms with Gasteiger partial charge in [-0.05, 0) is 61.9 Å². The van der Waals surface area contributed by atoms with Crippen molar-refractivity contribution in [3.8, 4) is 0 Å². The van der Waals surface area contributed by atoms with E-state index in [2.05, 4.69) is 40.3 Å². The molecule has 1 aromatic heterocycles. The number of aryl methyl sites for hydroxylation is 1. The summed E-state index contributed by atoms with van der Waals surface area (Å²) in [5.41, 5.74) is 4.11. The van der Waals surface area contributed by atoms with E-state index in [1.807, 2.05) is 48.6 Å². The Morgan fingerprint density at radius 3 is 2.56 bits per heavy atom. The Balaban J connectivity index is 1.60. The highest BCUT2D eigenvalue weighted by atomic mass is 35.5. The highest BCUT2D eigenvalue weighted by Gasteiger charge is 2.39. The van der Waals surface area contributed by atoms with E-state index in [0.717, 1.165) is 61.2 Å². The second kappa shape index (κ2) is 12.8. The molecule has 1 aliphatic carbocycles. The van der Waals surface area contributed by atoms with Crippen LogP contribution >= 0.6 is 11.6 Å². The summed E-state index contributed by atoms with van der Waals surface area (Å²) in [6.45, 7) is 9.37. The van der Waals surface area contributed by atoms with Gasteiger partial charge in [0.05, 0.1) is 30.9 Å². The van der Waals surface area contributed by atoms with E-state index >= 15 is 0 Å². The van der Waals surface area contributed by atoms with Crippen LogP contribution in [-0.4, -0.2) is 64.6 Å². The van der Waals surface area contributed by atoms with E-state index in [-0.39, 0.29) is 23.6 Å². The van der Waals surface area contributed by atoms with Gasteiger partial charge in [0, 0.05) is 49.7 Å². The molecule has 2 aromatic rings. The average molecular weight is 554 g/mol. The molecule has 1 saturated heterocycles. The molecule has 1 aliphatic heterocycles. The average Bonchev–Trinajstić information content (AvgIpc) is 3.53. The van der Waals surface area contributed by atoms with Crippen LogP contribution < -0.4 is 5.32 Å². The lowest BCUT2D eigenvalue weighted by Crippen LogP contribution is -2.50. The second-order valence-electron chi connectivity index (χ2n) is 10.8. The molecule has 1 saturated carbocycles. The van der Waals surface area contributed by atoms with Gasteiger partial charge in [0.1, 0.15) is 0 Å². The molecule has 0 spiro atoms. The summed E-state index contributed by atoms with van der Waals surface area (Å²) in [6.07, 6.45) is 13.4. The monoisotopic (exact) mass is 553 g/mol. The van der Waals surface area contributed by atoms with E-state index in [1.165, 1.54) is 0 Å². The van der Waals surface area contributed by atoms with Crippen LogP contribution in [0.2, 0.25) is 5.02 Å². The quantitative estimate of drug-likeness (QED) is 0.292. The lowest BCUT2D eigenvalue weighted by molar-refractivity contribution is -0.109. The van der Waals surface area contributed by atoms with Crippen molar-refractivity contribution in [2.45, 2.75) is 52.1 Å². The largest absolute Gasteiger partial charge is 0.449 e. The van der Waals surface area contributed by atoms with Crippen molar-refractivity contribution in [3.63, 3.8) is 0 Å². The summed E-state index contributed by atoms with van der Waals surface area (Å²) in [6, 6.07) is 5.67. The number of carbonyl (C=O) groups is 2. The Bertz CT molecular complexity index is 1210. The van der Waals surface area contributed by atoms with Gasteiger partial charge in [-0.3, -0.25) is 9.69 Å². The number of carbonyl (C=O) groups excluding carboxylic acids is 2. The fourth-order valence-corrected chi connectivity index (χ4v) is 5.41. The maximum atomic E-state index is 12.7.